The lowest BCUT2D eigenvalue weighted by molar-refractivity contribution is -0.113. The number of piperidine rings is 1. The largest absolute Gasteiger partial charge is 0.497 e. The molecule has 3 N–H and O–H groups in total. The van der Waals surface area contributed by atoms with Gasteiger partial charge in [-0.2, -0.15) is 0 Å². The van der Waals surface area contributed by atoms with Gasteiger partial charge < -0.3 is 25.4 Å². The Balaban J connectivity index is 1.16. The van der Waals surface area contributed by atoms with Crippen molar-refractivity contribution in [2.75, 3.05) is 37.8 Å². The summed E-state index contributed by atoms with van der Waals surface area (Å²) in [6, 6.07) is 9.77. The number of hydrogen-bond donors (Lipinski definition) is 3. The molecule has 0 unspecified atom stereocenters. The fraction of sp³-hybridized carbons (Fsp3) is 0.400. The molecule has 2 atom stereocenters. The molecule has 1 saturated heterocycles. The second kappa shape index (κ2) is 10.7. The zero-order chi connectivity index (χ0) is 24.4. The number of halogens is 1. The number of methoxy groups -OCH3 is 1. The van der Waals surface area contributed by atoms with Gasteiger partial charge in [-0.05, 0) is 55.3 Å². The molecule has 2 aliphatic rings. The normalized spacial score (nSPS) is 20.5. The summed E-state index contributed by atoms with van der Waals surface area (Å²) < 4.78 is 5.38. The summed E-state index contributed by atoms with van der Waals surface area (Å²) in [5, 5.41) is 18.7. The third kappa shape index (κ3) is 5.54. The lowest BCUT2D eigenvalue weighted by Gasteiger charge is -2.36. The number of ether oxygens (including phenoxy) is 1. The van der Waals surface area contributed by atoms with Gasteiger partial charge in [-0.1, -0.05) is 11.6 Å². The monoisotopic (exact) mass is 513 g/mol. The third-order valence-electron chi connectivity index (χ3n) is 6.56. The highest BCUT2D eigenvalue weighted by molar-refractivity contribution is 8.00. The lowest BCUT2D eigenvalue weighted by atomic mass is 10.00. The van der Waals surface area contributed by atoms with E-state index in [0.29, 0.717) is 29.7 Å². The molecule has 0 bridgehead atoms. The molecular formula is C25H28ClN5O3S. The van der Waals surface area contributed by atoms with E-state index in [1.165, 1.54) is 11.8 Å². The van der Waals surface area contributed by atoms with E-state index in [0.717, 1.165) is 58.7 Å². The number of fused-ring (bicyclic) bond motifs is 2. The zero-order valence-electron chi connectivity index (χ0n) is 19.5. The summed E-state index contributed by atoms with van der Waals surface area (Å²) in [6.45, 7) is 2.80. The SMILES string of the molecule is COc1ccc2ncc(Cl)c(CCN3CC[C@@H](NCc4ccc5c(n4)NC(=O)CS5)[C@H](O)C3)c2c1. The second-order valence-electron chi connectivity index (χ2n) is 8.85. The van der Waals surface area contributed by atoms with Gasteiger partial charge in [-0.25, -0.2) is 4.98 Å². The van der Waals surface area contributed by atoms with Gasteiger partial charge in [0.15, 0.2) is 0 Å². The van der Waals surface area contributed by atoms with Crippen LogP contribution in [0, 0.1) is 0 Å². The van der Waals surface area contributed by atoms with Crippen molar-refractivity contribution in [2.45, 2.75) is 36.4 Å². The summed E-state index contributed by atoms with van der Waals surface area (Å²) in [6.07, 6.45) is 2.81. The van der Waals surface area contributed by atoms with Gasteiger partial charge in [0.1, 0.15) is 11.6 Å². The number of carbonyl (C=O) groups excluding carboxylic acids is 1. The van der Waals surface area contributed by atoms with Crippen molar-refractivity contribution in [3.8, 4) is 5.75 Å². The highest BCUT2D eigenvalue weighted by atomic mass is 35.5. The number of aliphatic hydroxyl groups excluding tert-OH is 1. The Morgan fingerprint density at radius 1 is 1.34 bits per heavy atom. The smallest absolute Gasteiger partial charge is 0.235 e. The quantitative estimate of drug-likeness (QED) is 0.443. The van der Waals surface area contributed by atoms with Crippen molar-refractivity contribution in [1.29, 1.82) is 0 Å². The van der Waals surface area contributed by atoms with Crippen molar-refractivity contribution in [3.63, 3.8) is 0 Å². The van der Waals surface area contributed by atoms with Crippen molar-refractivity contribution in [2.24, 2.45) is 0 Å². The highest BCUT2D eigenvalue weighted by Gasteiger charge is 2.27. The van der Waals surface area contributed by atoms with E-state index in [1.807, 2.05) is 30.3 Å². The molecule has 0 aliphatic carbocycles. The maximum absolute atomic E-state index is 11.6. The van der Waals surface area contributed by atoms with Gasteiger partial charge in [0.25, 0.3) is 0 Å². The van der Waals surface area contributed by atoms with Crippen LogP contribution in [0.25, 0.3) is 10.9 Å². The van der Waals surface area contributed by atoms with E-state index >= 15 is 0 Å². The molecule has 0 radical (unpaired) electrons. The first kappa shape index (κ1) is 24.3. The van der Waals surface area contributed by atoms with Gasteiger partial charge in [0, 0.05) is 37.3 Å². The standard InChI is InChI=1S/C25H28ClN5O3S/c1-34-16-3-4-20-18(10-16)17(19(26)12-28-20)6-8-31-9-7-21(22(32)13-31)27-11-15-2-5-23-25(29-15)30-24(33)14-35-23/h2-5,10,12,21-22,27,32H,6-9,11,13-14H2,1H3,(H,29,30,33)/t21-,22-/m1/s1. The first-order valence-electron chi connectivity index (χ1n) is 11.7. The molecule has 8 nitrogen and oxygen atoms in total. The minimum absolute atomic E-state index is 0.0114. The zero-order valence-corrected chi connectivity index (χ0v) is 21.0. The van der Waals surface area contributed by atoms with Crippen LogP contribution in [0.2, 0.25) is 5.02 Å². The van der Waals surface area contributed by atoms with Crippen LogP contribution >= 0.6 is 23.4 Å². The fourth-order valence-electron chi connectivity index (χ4n) is 4.63. The van der Waals surface area contributed by atoms with Crippen LogP contribution in [0.1, 0.15) is 17.7 Å². The minimum Gasteiger partial charge on any atom is -0.497 e. The Morgan fingerprint density at radius 3 is 3.06 bits per heavy atom. The van der Waals surface area contributed by atoms with Crippen LogP contribution in [-0.4, -0.2) is 70.5 Å². The molecular weight excluding hydrogens is 486 g/mol. The predicted molar refractivity (Wildman–Crippen MR) is 138 cm³/mol. The summed E-state index contributed by atoms with van der Waals surface area (Å²) >= 11 is 8.01. The number of thioether (sulfide) groups is 1. The number of nitrogens with zero attached hydrogens (tertiary/aromatic N) is 3. The first-order chi connectivity index (χ1) is 17.0. The number of rotatable bonds is 7. The average Bonchev–Trinajstić information content (AvgIpc) is 2.87. The number of benzene rings is 1. The van der Waals surface area contributed by atoms with Crippen LogP contribution in [0.4, 0.5) is 5.82 Å². The molecule has 2 aromatic heterocycles. The fourth-order valence-corrected chi connectivity index (χ4v) is 5.63. The second-order valence-corrected chi connectivity index (χ2v) is 10.3. The van der Waals surface area contributed by atoms with Crippen molar-refractivity contribution in [1.82, 2.24) is 20.2 Å². The number of pyridine rings is 2. The maximum atomic E-state index is 11.6. The number of likely N-dealkylation sites (tertiary alicyclic amines) is 1. The predicted octanol–water partition coefficient (Wildman–Crippen LogP) is 3.10. The molecule has 1 fully saturated rings. The Morgan fingerprint density at radius 2 is 2.23 bits per heavy atom. The molecule has 0 saturated carbocycles. The highest BCUT2D eigenvalue weighted by Crippen LogP contribution is 2.30. The van der Waals surface area contributed by atoms with Gasteiger partial charge >= 0.3 is 0 Å². The van der Waals surface area contributed by atoms with E-state index < -0.39 is 6.10 Å². The van der Waals surface area contributed by atoms with Crippen LogP contribution in [0.15, 0.2) is 41.4 Å². The molecule has 0 spiro atoms. The number of nitrogens with one attached hydrogen (secondary N) is 2. The topological polar surface area (TPSA) is 99.6 Å². The number of aliphatic hydroxyl groups is 1. The summed E-state index contributed by atoms with van der Waals surface area (Å²) in [7, 11) is 1.65. The van der Waals surface area contributed by atoms with Gasteiger partial charge in [0.2, 0.25) is 5.91 Å². The number of anilines is 1. The average molecular weight is 514 g/mol. The van der Waals surface area contributed by atoms with Crippen LogP contribution in [-0.2, 0) is 17.8 Å². The molecule has 1 amide bonds. The number of β-amino-alcohol motifs (C(OH)–C–C–N with tert-alkyl or cyclic N) is 1. The Bertz CT molecular complexity index is 1240. The molecule has 10 heteroatoms. The summed E-state index contributed by atoms with van der Waals surface area (Å²) in [5.74, 6) is 1.80. The minimum atomic E-state index is -0.485. The van der Waals surface area contributed by atoms with E-state index in [-0.39, 0.29) is 11.9 Å². The molecule has 4 heterocycles. The lowest BCUT2D eigenvalue weighted by Crippen LogP contribution is -2.52. The van der Waals surface area contributed by atoms with Crippen molar-refractivity contribution < 1.29 is 14.6 Å². The van der Waals surface area contributed by atoms with Crippen molar-refractivity contribution in [3.05, 3.63) is 52.8 Å². The number of carbonyl (C=O) groups is 1. The number of aromatic nitrogens is 2. The molecule has 35 heavy (non-hydrogen) atoms. The van der Waals surface area contributed by atoms with E-state index in [4.69, 9.17) is 16.3 Å². The number of amides is 1. The number of hydrogen-bond acceptors (Lipinski definition) is 8. The maximum Gasteiger partial charge on any atom is 0.235 e. The van der Waals surface area contributed by atoms with Crippen LogP contribution in [0.5, 0.6) is 5.75 Å². The Labute approximate surface area is 213 Å². The van der Waals surface area contributed by atoms with E-state index in [9.17, 15) is 9.90 Å². The van der Waals surface area contributed by atoms with Gasteiger partial charge in [0.05, 0.1) is 40.1 Å². The van der Waals surface area contributed by atoms with Crippen LogP contribution in [0.3, 0.4) is 0 Å². The molecule has 184 valence electrons. The van der Waals surface area contributed by atoms with Gasteiger partial charge in [-0.3, -0.25) is 9.78 Å². The summed E-state index contributed by atoms with van der Waals surface area (Å²) in [5.41, 5.74) is 2.78. The van der Waals surface area contributed by atoms with Crippen molar-refractivity contribution >= 4 is 46.0 Å². The van der Waals surface area contributed by atoms with Gasteiger partial charge in [-0.15, -0.1) is 11.8 Å². The third-order valence-corrected chi connectivity index (χ3v) is 7.93. The van der Waals surface area contributed by atoms with E-state index in [1.54, 1.807) is 13.3 Å². The Hall–Kier alpha value is -2.43. The first-order valence-corrected chi connectivity index (χ1v) is 13.0. The van der Waals surface area contributed by atoms with Crippen LogP contribution < -0.4 is 15.4 Å². The van der Waals surface area contributed by atoms with E-state index in [2.05, 4.69) is 25.5 Å². The molecule has 1 aromatic carbocycles. The molecule has 5 rings (SSSR count). The molecule has 2 aliphatic heterocycles. The summed E-state index contributed by atoms with van der Waals surface area (Å²) in [4.78, 5) is 23.9. The Kier molecular flexibility index (Phi) is 7.40. The molecule has 3 aromatic rings.